The van der Waals surface area contributed by atoms with Crippen molar-refractivity contribution < 1.29 is 122 Å². The Hall–Kier alpha value is -13.6. The predicted octanol–water partition coefficient (Wildman–Crippen LogP) is 17.4. The highest BCUT2D eigenvalue weighted by Crippen LogP contribution is 2.46. The van der Waals surface area contributed by atoms with Gasteiger partial charge in [-0.05, 0) is 228 Å². The Kier molecular flexibility index (Phi) is 32.7. The zero-order valence-electron chi connectivity index (χ0n) is 79.4. The molecule has 4 saturated carbocycles. The molecule has 20 rings (SSSR count). The molecule has 0 radical (unpaired) electrons. The molecule has 8 fully saturated rings. The van der Waals surface area contributed by atoms with E-state index in [1.807, 2.05) is 72.9 Å². The van der Waals surface area contributed by atoms with Gasteiger partial charge in [-0.25, -0.2) is 37.5 Å². The third-order valence-electron chi connectivity index (χ3n) is 28.1. The number of hydrogen-bond donors (Lipinski definition) is 8. The van der Waals surface area contributed by atoms with Gasteiger partial charge in [-0.15, -0.1) is 0 Å². The molecule has 8 amide bonds. The lowest BCUT2D eigenvalue weighted by Gasteiger charge is -2.32. The van der Waals surface area contributed by atoms with Crippen LogP contribution in [-0.2, 0) is 50.5 Å². The highest BCUT2D eigenvalue weighted by atomic mass is 19.4. The van der Waals surface area contributed by atoms with Crippen LogP contribution in [0.3, 0.4) is 0 Å². The van der Waals surface area contributed by atoms with Crippen LogP contribution in [0.15, 0.2) is 170 Å². The average Bonchev–Trinajstić information content (AvgIpc) is 1.68. The summed E-state index contributed by atoms with van der Waals surface area (Å²) in [6.07, 6.45) is -1.00. The first-order valence-electron chi connectivity index (χ1n) is 48.8. The Morgan fingerprint density at radius 3 is 0.979 bits per heavy atom. The molecule has 4 aliphatic carbocycles. The third kappa shape index (κ3) is 23.7. The van der Waals surface area contributed by atoms with Crippen molar-refractivity contribution in [3.05, 3.63) is 214 Å². The molecule has 0 spiro atoms. The number of nitrogens with one attached hydrogen (secondary N) is 4. The molecular formula is C104H110F10N16O16. The van der Waals surface area contributed by atoms with Gasteiger partial charge >= 0.3 is 12.4 Å². The quantitative estimate of drug-likeness (QED) is 0.0292. The molecule has 4 aliphatic heterocycles. The minimum absolute atomic E-state index is 0.000494. The maximum Gasteiger partial charge on any atom is 0.416 e. The second kappa shape index (κ2) is 46.0. The lowest BCUT2D eigenvalue weighted by atomic mass is 9.84. The minimum Gasteiger partial charge on any atom is -0.396 e. The van der Waals surface area contributed by atoms with Crippen LogP contribution in [0.2, 0.25) is 0 Å². The van der Waals surface area contributed by atoms with E-state index in [1.165, 1.54) is 72.8 Å². The fraction of sp³-hybridized carbons (Fsp3) is 0.423. The van der Waals surface area contributed by atoms with Gasteiger partial charge in [0.2, 0.25) is 23.8 Å². The number of ether oxygens (including phenoxy) is 4. The van der Waals surface area contributed by atoms with Gasteiger partial charge in [0.15, 0.2) is 0 Å². The Labute approximate surface area is 830 Å². The molecule has 8 N–H and O–H groups in total. The van der Waals surface area contributed by atoms with E-state index in [2.05, 4.69) is 31.2 Å². The summed E-state index contributed by atoms with van der Waals surface area (Å²) in [5, 5.41) is 50.2. The van der Waals surface area contributed by atoms with Crippen molar-refractivity contribution in [1.82, 2.24) is 38.2 Å². The van der Waals surface area contributed by atoms with Crippen LogP contribution in [0.1, 0.15) is 203 Å². The van der Waals surface area contributed by atoms with Gasteiger partial charge < -0.3 is 77.2 Å². The van der Waals surface area contributed by atoms with E-state index in [0.29, 0.717) is 110 Å². The van der Waals surface area contributed by atoms with E-state index in [9.17, 15) is 103 Å². The number of aliphatic hydroxyl groups excluding tert-OH is 4. The molecule has 32 nitrogen and oxygen atoms in total. The summed E-state index contributed by atoms with van der Waals surface area (Å²) < 4.78 is 160. The Balaban J connectivity index is 0.000000133. The molecule has 4 aromatic heterocycles. The van der Waals surface area contributed by atoms with Crippen molar-refractivity contribution in [2.45, 2.75) is 152 Å². The van der Waals surface area contributed by atoms with Crippen LogP contribution in [-0.4, -0.2) is 211 Å². The first-order chi connectivity index (χ1) is 70.4. The number of imidazole rings is 4. The van der Waals surface area contributed by atoms with Crippen LogP contribution in [0.4, 0.5) is 90.4 Å². The zero-order chi connectivity index (χ0) is 103. The van der Waals surface area contributed by atoms with Crippen molar-refractivity contribution in [2.75, 3.05) is 146 Å². The van der Waals surface area contributed by atoms with Crippen molar-refractivity contribution in [3.63, 3.8) is 0 Å². The number of rotatable bonds is 22. The maximum atomic E-state index is 13.2. The fourth-order valence-corrected chi connectivity index (χ4v) is 20.6. The predicted molar refractivity (Wildman–Crippen MR) is 521 cm³/mol. The third-order valence-corrected chi connectivity index (χ3v) is 28.1. The SMILES string of the molecule is O=C(Nc1nc2cc(N3CCOCC3=O)ccc2n1C1CCC(CO)CC1)c1cccc(C(F)(F)F)c1.O=C(Nc1nc2cc(N3CCOCC3=O)ccc2n1C1CCCC(CO)C1)c1cccc(C(F)(F)F)c1.O=C(Nc1nc2cc(N3CCOCC3=O)ccc2n1C1CCCC(CO)C1)c1cccc(C(F)F)c1.O=C(Nc1nc2cc(N3CCOCC3=O)ccc2n1[C@H]1CCCC[C@@H]1CO)c1cccc(C(F)F)c1. The van der Waals surface area contributed by atoms with Crippen LogP contribution >= 0.6 is 0 Å². The van der Waals surface area contributed by atoms with Gasteiger partial charge in [-0.1, -0.05) is 62.1 Å². The summed E-state index contributed by atoms with van der Waals surface area (Å²) in [4.78, 5) is 127. The second-order valence-electron chi connectivity index (χ2n) is 37.5. The molecule has 772 valence electrons. The van der Waals surface area contributed by atoms with E-state index in [0.717, 1.165) is 143 Å². The number of nitrogens with zero attached hydrogens (tertiary/aromatic N) is 12. The van der Waals surface area contributed by atoms with Crippen molar-refractivity contribution in [3.8, 4) is 0 Å². The Morgan fingerprint density at radius 1 is 0.342 bits per heavy atom. The number of fused-ring (bicyclic) bond motifs is 4. The number of halogens is 10. The summed E-state index contributed by atoms with van der Waals surface area (Å²) in [5.74, 6) is -1.58. The topological polar surface area (TPSA) is 387 Å². The van der Waals surface area contributed by atoms with Crippen LogP contribution in [0.25, 0.3) is 44.1 Å². The molecule has 42 heteroatoms. The number of aliphatic hydroxyl groups is 4. The van der Waals surface area contributed by atoms with Gasteiger partial charge in [0, 0.05) is 139 Å². The lowest BCUT2D eigenvalue weighted by molar-refractivity contribution is -0.138. The number of anilines is 8. The number of carbonyl (C=O) groups is 8. The number of morpholine rings is 4. The van der Waals surface area contributed by atoms with E-state index in [-0.39, 0.29) is 176 Å². The number of aromatic nitrogens is 8. The van der Waals surface area contributed by atoms with Gasteiger partial charge in [0.05, 0.1) is 81.7 Å². The summed E-state index contributed by atoms with van der Waals surface area (Å²) in [5.41, 5.74) is 5.69. The van der Waals surface area contributed by atoms with Crippen LogP contribution in [0, 0.1) is 23.7 Å². The van der Waals surface area contributed by atoms with Crippen molar-refractivity contribution in [1.29, 1.82) is 0 Å². The highest BCUT2D eigenvalue weighted by molar-refractivity contribution is 6.08. The highest BCUT2D eigenvalue weighted by Gasteiger charge is 2.39. The molecule has 4 unspecified atom stereocenters. The number of benzene rings is 8. The Bertz CT molecular complexity index is 6780. The molecule has 12 aromatic rings. The van der Waals surface area contributed by atoms with Gasteiger partial charge in [0.25, 0.3) is 60.1 Å². The zero-order valence-corrected chi connectivity index (χ0v) is 79.4. The van der Waals surface area contributed by atoms with E-state index in [4.69, 9.17) is 28.9 Å². The summed E-state index contributed by atoms with van der Waals surface area (Å²) in [6.45, 7) is 3.73. The Morgan fingerprint density at radius 2 is 0.658 bits per heavy atom. The second-order valence-corrected chi connectivity index (χ2v) is 37.5. The van der Waals surface area contributed by atoms with Crippen LogP contribution < -0.4 is 40.9 Å². The van der Waals surface area contributed by atoms with Crippen molar-refractivity contribution >= 4 is 138 Å². The summed E-state index contributed by atoms with van der Waals surface area (Å²) in [7, 11) is 0. The molecular weight excluding hydrogens is 1920 g/mol. The molecule has 8 heterocycles. The normalized spacial score (nSPS) is 20.8. The molecule has 4 saturated heterocycles. The molecule has 6 atom stereocenters. The first-order valence-corrected chi connectivity index (χ1v) is 48.8. The first kappa shape index (κ1) is 104. The molecule has 8 aliphatic rings. The van der Waals surface area contributed by atoms with E-state index >= 15 is 0 Å². The monoisotopic (exact) mass is 2030 g/mol. The van der Waals surface area contributed by atoms with Gasteiger partial charge in [0.1, 0.15) is 26.4 Å². The summed E-state index contributed by atoms with van der Waals surface area (Å²) in [6, 6.07) is 41.0. The van der Waals surface area contributed by atoms with E-state index in [1.54, 1.807) is 37.8 Å². The number of carbonyl (C=O) groups excluding carboxylic acids is 8. The number of alkyl halides is 10. The van der Waals surface area contributed by atoms with Gasteiger partial charge in [-0.2, -0.15) is 26.3 Å². The minimum atomic E-state index is -4.57. The standard InChI is InChI=1S/2C26H27F3N4O4.2C26H28F2N4O4/c27-26(28,29)18-5-2-4-17(12-18)24(36)31-25-30-21-13-19(32-9-10-37-15-23(32)35)7-8-22(21)33(25)20-6-1-3-16(11-20)14-34;27-26(28,29)18-3-1-2-17(12-18)24(36)31-25-30-21-13-20(32-10-11-37-15-23(32)35)8-9-22(21)33(25)19-6-4-16(14-34)5-7-19;27-24(28)17-4-2-5-18(12-17)25(35)30-26-29-21-13-19(31-9-10-36-15-23(31)34)7-8-22(21)32(26)20-6-1-3-16(11-20)14-33;27-24(28)16-5-3-6-17(12-16)25(35)30-26-29-20-13-19(31-10-11-36-15-23(31)34)8-9-22(20)32(26)21-7-2-1-4-18(21)14-33/h2,4-5,7-8,12-13,16,20,34H,1,3,6,9-11,14-15H2,(H,30,31,36);1-3,8-9,12-13,16,19,34H,4-7,10-11,14-15H2,(H,30,31,36);2,4-5,7-8,12-13,16,20,24,33H,1,3,6,9-11,14-15H2,(H,29,30,35);3,5-6,8-9,12-13,18,21,24,33H,1-2,4,7,10-11,14-15H2,(H,29,30,35)/t;;;18-,21+/m...1/s1. The molecule has 0 bridgehead atoms. The fourth-order valence-electron chi connectivity index (χ4n) is 20.6. The largest absolute Gasteiger partial charge is 0.416 e. The van der Waals surface area contributed by atoms with Gasteiger partial charge in [-0.3, -0.25) is 59.6 Å². The van der Waals surface area contributed by atoms with E-state index < -0.39 is 60.0 Å². The number of amides is 8. The smallest absolute Gasteiger partial charge is 0.396 e. The van der Waals surface area contributed by atoms with Crippen LogP contribution in [0.5, 0.6) is 0 Å². The molecule has 8 aromatic carbocycles. The lowest BCUT2D eigenvalue weighted by Crippen LogP contribution is -2.41. The maximum absolute atomic E-state index is 13.2. The van der Waals surface area contributed by atoms with Crippen molar-refractivity contribution in [2.24, 2.45) is 23.7 Å². The molecule has 146 heavy (non-hydrogen) atoms. The summed E-state index contributed by atoms with van der Waals surface area (Å²) >= 11 is 0. The number of hydrogen-bond acceptors (Lipinski definition) is 20. The average molecular weight is 2030 g/mol.